The highest BCUT2D eigenvalue weighted by Gasteiger charge is 2.30. The number of aliphatic hydroxyl groups excluding tert-OH is 1. The van der Waals surface area contributed by atoms with Crippen LogP contribution in [0.4, 0.5) is 11.4 Å². The second-order valence-corrected chi connectivity index (χ2v) is 5.19. The molecule has 0 bridgehead atoms. The van der Waals surface area contributed by atoms with Gasteiger partial charge in [-0.25, -0.2) is 0 Å². The molecule has 0 saturated heterocycles. The minimum absolute atomic E-state index is 0.0109. The SMILES string of the molecule is CCOc1cccc(N(C)CC2CC(O)C2)c1[N+](=O)[O-]. The number of hydrogen-bond acceptors (Lipinski definition) is 5. The van der Waals surface area contributed by atoms with E-state index in [9.17, 15) is 15.2 Å². The lowest BCUT2D eigenvalue weighted by molar-refractivity contribution is -0.385. The van der Waals surface area contributed by atoms with E-state index in [0.29, 0.717) is 30.5 Å². The Labute approximate surface area is 118 Å². The number of aliphatic hydroxyl groups is 1. The highest BCUT2D eigenvalue weighted by atomic mass is 16.6. The maximum atomic E-state index is 11.3. The molecule has 0 aliphatic heterocycles. The summed E-state index contributed by atoms with van der Waals surface area (Å²) in [6.07, 6.45) is 1.32. The van der Waals surface area contributed by atoms with Crippen molar-refractivity contribution in [1.29, 1.82) is 0 Å². The van der Waals surface area contributed by atoms with Crippen LogP contribution in [0, 0.1) is 16.0 Å². The molecule has 0 amide bonds. The summed E-state index contributed by atoms with van der Waals surface area (Å²) in [5.41, 5.74) is 0.569. The standard InChI is InChI=1S/C14H20N2O4/c1-3-20-13-6-4-5-12(14(13)16(18)19)15(2)9-10-7-11(17)8-10/h4-6,10-11,17H,3,7-9H2,1-2H3. The third-order valence-electron chi connectivity index (χ3n) is 3.61. The Hall–Kier alpha value is -1.82. The predicted octanol–water partition coefficient (Wildman–Crippen LogP) is 2.20. The van der Waals surface area contributed by atoms with Gasteiger partial charge in [0, 0.05) is 13.6 Å². The molecule has 20 heavy (non-hydrogen) atoms. The van der Waals surface area contributed by atoms with Crippen LogP contribution >= 0.6 is 0 Å². The summed E-state index contributed by atoms with van der Waals surface area (Å²) in [6.45, 7) is 2.90. The zero-order chi connectivity index (χ0) is 14.7. The minimum Gasteiger partial charge on any atom is -0.487 e. The largest absolute Gasteiger partial charge is 0.487 e. The van der Waals surface area contributed by atoms with Gasteiger partial charge in [-0.3, -0.25) is 10.1 Å². The molecule has 1 aromatic carbocycles. The number of nitrogens with zero attached hydrogens (tertiary/aromatic N) is 2. The van der Waals surface area contributed by atoms with E-state index in [4.69, 9.17) is 4.74 Å². The Morgan fingerprint density at radius 2 is 2.20 bits per heavy atom. The number of anilines is 1. The summed E-state index contributed by atoms with van der Waals surface area (Å²) in [4.78, 5) is 12.8. The topological polar surface area (TPSA) is 75.8 Å². The lowest BCUT2D eigenvalue weighted by atomic mass is 9.82. The Bertz CT molecular complexity index is 486. The number of benzene rings is 1. The van der Waals surface area contributed by atoms with E-state index >= 15 is 0 Å². The van der Waals surface area contributed by atoms with Crippen LogP contribution in [-0.2, 0) is 0 Å². The molecule has 1 aliphatic carbocycles. The highest BCUT2D eigenvalue weighted by Crippen LogP contribution is 2.38. The molecule has 0 heterocycles. The van der Waals surface area contributed by atoms with Crippen molar-refractivity contribution in [1.82, 2.24) is 0 Å². The van der Waals surface area contributed by atoms with Gasteiger partial charge in [0.1, 0.15) is 5.69 Å². The molecule has 1 aliphatic rings. The summed E-state index contributed by atoms with van der Waals surface area (Å²) in [6, 6.07) is 5.11. The third kappa shape index (κ3) is 3.01. The van der Waals surface area contributed by atoms with Crippen LogP contribution < -0.4 is 9.64 Å². The Balaban J connectivity index is 2.20. The molecule has 1 fully saturated rings. The second kappa shape index (κ2) is 6.09. The number of para-hydroxylation sites is 1. The Morgan fingerprint density at radius 1 is 1.50 bits per heavy atom. The molecule has 0 atom stereocenters. The summed E-state index contributed by atoms with van der Waals surface area (Å²) < 4.78 is 5.34. The van der Waals surface area contributed by atoms with Gasteiger partial charge < -0.3 is 14.7 Å². The zero-order valence-corrected chi connectivity index (χ0v) is 11.8. The van der Waals surface area contributed by atoms with Crippen molar-refractivity contribution in [2.75, 3.05) is 25.1 Å². The van der Waals surface area contributed by atoms with Crippen molar-refractivity contribution in [3.63, 3.8) is 0 Å². The molecular weight excluding hydrogens is 260 g/mol. The third-order valence-corrected chi connectivity index (χ3v) is 3.61. The van der Waals surface area contributed by atoms with Crippen LogP contribution in [-0.4, -0.2) is 36.3 Å². The summed E-state index contributed by atoms with van der Waals surface area (Å²) in [7, 11) is 1.84. The molecule has 6 nitrogen and oxygen atoms in total. The molecule has 110 valence electrons. The van der Waals surface area contributed by atoms with Gasteiger partial charge in [0.05, 0.1) is 17.6 Å². The van der Waals surface area contributed by atoms with Crippen LogP contribution in [0.3, 0.4) is 0 Å². The monoisotopic (exact) mass is 280 g/mol. The van der Waals surface area contributed by atoms with E-state index in [1.807, 2.05) is 11.9 Å². The second-order valence-electron chi connectivity index (χ2n) is 5.19. The van der Waals surface area contributed by atoms with Crippen LogP contribution in [0.5, 0.6) is 5.75 Å². The molecule has 0 radical (unpaired) electrons. The average molecular weight is 280 g/mol. The first-order valence-corrected chi connectivity index (χ1v) is 6.82. The fourth-order valence-electron chi connectivity index (χ4n) is 2.61. The normalized spacial score (nSPS) is 21.1. The van der Waals surface area contributed by atoms with E-state index in [2.05, 4.69) is 0 Å². The maximum absolute atomic E-state index is 11.3. The van der Waals surface area contributed by atoms with Crippen LogP contribution in [0.25, 0.3) is 0 Å². The van der Waals surface area contributed by atoms with Crippen LogP contribution in [0.1, 0.15) is 19.8 Å². The molecule has 0 unspecified atom stereocenters. The molecule has 2 rings (SSSR count). The van der Waals surface area contributed by atoms with Gasteiger partial charge in [0.2, 0.25) is 0 Å². The molecule has 1 aromatic rings. The quantitative estimate of drug-likeness (QED) is 0.638. The molecule has 1 N–H and O–H groups in total. The van der Waals surface area contributed by atoms with Crippen molar-refractivity contribution in [3.05, 3.63) is 28.3 Å². The number of nitro benzene ring substituents is 1. The first-order valence-electron chi connectivity index (χ1n) is 6.82. The first kappa shape index (κ1) is 14.6. The molecule has 6 heteroatoms. The molecule has 0 aromatic heterocycles. The summed E-state index contributed by atoms with van der Waals surface area (Å²) >= 11 is 0. The fourth-order valence-corrected chi connectivity index (χ4v) is 2.61. The average Bonchev–Trinajstić information content (AvgIpc) is 2.36. The van der Waals surface area contributed by atoms with Gasteiger partial charge in [0.25, 0.3) is 0 Å². The van der Waals surface area contributed by atoms with Crippen LogP contribution in [0.2, 0.25) is 0 Å². The maximum Gasteiger partial charge on any atom is 0.333 e. The van der Waals surface area contributed by atoms with Gasteiger partial charge in [-0.05, 0) is 37.8 Å². The van der Waals surface area contributed by atoms with Crippen molar-refractivity contribution < 1.29 is 14.8 Å². The van der Waals surface area contributed by atoms with E-state index in [1.54, 1.807) is 25.1 Å². The van der Waals surface area contributed by atoms with E-state index in [1.165, 1.54) is 0 Å². The predicted molar refractivity (Wildman–Crippen MR) is 76.3 cm³/mol. The lowest BCUT2D eigenvalue weighted by Gasteiger charge is -2.35. The first-order chi connectivity index (χ1) is 9.52. The number of rotatable bonds is 6. The van der Waals surface area contributed by atoms with Gasteiger partial charge in [0.15, 0.2) is 5.75 Å². The molecule has 0 spiro atoms. The van der Waals surface area contributed by atoms with Gasteiger partial charge in [-0.1, -0.05) is 6.07 Å². The minimum atomic E-state index is -0.396. The summed E-state index contributed by atoms with van der Waals surface area (Å²) in [5, 5.41) is 20.6. The summed E-state index contributed by atoms with van der Waals surface area (Å²) in [5.74, 6) is 0.695. The molecule has 1 saturated carbocycles. The van der Waals surface area contributed by atoms with E-state index < -0.39 is 4.92 Å². The van der Waals surface area contributed by atoms with Crippen LogP contribution in [0.15, 0.2) is 18.2 Å². The number of nitro groups is 1. The van der Waals surface area contributed by atoms with Crippen molar-refractivity contribution in [2.24, 2.45) is 5.92 Å². The Kier molecular flexibility index (Phi) is 4.44. The van der Waals surface area contributed by atoms with Gasteiger partial charge in [-0.2, -0.15) is 0 Å². The van der Waals surface area contributed by atoms with Gasteiger partial charge >= 0.3 is 5.69 Å². The fraction of sp³-hybridized carbons (Fsp3) is 0.571. The van der Waals surface area contributed by atoms with Crippen molar-refractivity contribution in [2.45, 2.75) is 25.9 Å². The number of ether oxygens (including phenoxy) is 1. The van der Waals surface area contributed by atoms with E-state index in [-0.39, 0.29) is 11.8 Å². The van der Waals surface area contributed by atoms with Crippen molar-refractivity contribution in [3.8, 4) is 5.75 Å². The Morgan fingerprint density at radius 3 is 2.75 bits per heavy atom. The van der Waals surface area contributed by atoms with E-state index in [0.717, 1.165) is 12.8 Å². The van der Waals surface area contributed by atoms with Crippen molar-refractivity contribution >= 4 is 11.4 Å². The highest BCUT2D eigenvalue weighted by molar-refractivity contribution is 5.69. The number of hydrogen-bond donors (Lipinski definition) is 1. The smallest absolute Gasteiger partial charge is 0.333 e. The molecular formula is C14H20N2O4. The zero-order valence-electron chi connectivity index (χ0n) is 11.8. The lowest BCUT2D eigenvalue weighted by Crippen LogP contribution is -2.37. The van der Waals surface area contributed by atoms with Gasteiger partial charge in [-0.15, -0.1) is 0 Å².